The Morgan fingerprint density at radius 3 is 2.80 bits per heavy atom. The quantitative estimate of drug-likeness (QED) is 0.669. The molecule has 1 aromatic heterocycles. The van der Waals surface area contributed by atoms with E-state index in [-0.39, 0.29) is 11.4 Å². The van der Waals surface area contributed by atoms with Crippen LogP contribution in [-0.2, 0) is 13.6 Å². The van der Waals surface area contributed by atoms with Crippen LogP contribution >= 0.6 is 0 Å². The molecule has 2 rings (SSSR count). The van der Waals surface area contributed by atoms with Crippen LogP contribution in [0.2, 0.25) is 0 Å². The van der Waals surface area contributed by atoms with E-state index in [1.165, 1.54) is 13.2 Å². The molecule has 0 aliphatic carbocycles. The molecular weight excluding hydrogens is 260 g/mol. The summed E-state index contributed by atoms with van der Waals surface area (Å²) in [6, 6.07) is 4.79. The van der Waals surface area contributed by atoms with Gasteiger partial charge in [0.25, 0.3) is 0 Å². The molecule has 0 atom stereocenters. The molecular formula is C13H16N4O3. The molecule has 0 radical (unpaired) electrons. The lowest BCUT2D eigenvalue weighted by Gasteiger charge is -2.08. The minimum Gasteiger partial charge on any atom is -0.490 e. The average Bonchev–Trinajstić information content (AvgIpc) is 2.76. The van der Waals surface area contributed by atoms with Gasteiger partial charge in [-0.25, -0.2) is 0 Å². The standard InChI is InChI=1S/C13H16N4O3/c1-9-10(8-15-16(9)2)7-14-11-4-5-13(20-3)12(6-11)17(18)19/h4-6,8,14H,7H2,1-3H3. The van der Waals surface area contributed by atoms with Crippen molar-refractivity contribution in [2.45, 2.75) is 13.5 Å². The zero-order chi connectivity index (χ0) is 14.7. The smallest absolute Gasteiger partial charge is 0.312 e. The molecule has 0 saturated heterocycles. The van der Waals surface area contributed by atoms with Crippen molar-refractivity contribution in [3.63, 3.8) is 0 Å². The number of aromatic nitrogens is 2. The third kappa shape index (κ3) is 2.71. The molecule has 0 spiro atoms. The summed E-state index contributed by atoms with van der Waals surface area (Å²) in [6.07, 6.45) is 1.78. The molecule has 7 nitrogen and oxygen atoms in total. The van der Waals surface area contributed by atoms with E-state index in [1.807, 2.05) is 14.0 Å². The average molecular weight is 276 g/mol. The number of nitrogens with one attached hydrogen (secondary N) is 1. The number of benzene rings is 1. The molecule has 1 aromatic carbocycles. The maximum atomic E-state index is 10.9. The van der Waals surface area contributed by atoms with Crippen LogP contribution in [0.15, 0.2) is 24.4 Å². The number of ether oxygens (including phenoxy) is 1. The Kier molecular flexibility index (Phi) is 3.88. The number of nitrogens with zero attached hydrogens (tertiary/aromatic N) is 3. The number of rotatable bonds is 5. The van der Waals surface area contributed by atoms with Gasteiger partial charge in [0.1, 0.15) is 0 Å². The van der Waals surface area contributed by atoms with E-state index in [4.69, 9.17) is 4.74 Å². The summed E-state index contributed by atoms with van der Waals surface area (Å²) in [7, 11) is 3.28. The van der Waals surface area contributed by atoms with Gasteiger partial charge >= 0.3 is 5.69 Å². The number of methoxy groups -OCH3 is 1. The van der Waals surface area contributed by atoms with E-state index in [2.05, 4.69) is 10.4 Å². The van der Waals surface area contributed by atoms with Crippen LogP contribution in [0, 0.1) is 17.0 Å². The van der Waals surface area contributed by atoms with Crippen molar-refractivity contribution in [3.8, 4) is 5.75 Å². The third-order valence-corrected chi connectivity index (χ3v) is 3.20. The van der Waals surface area contributed by atoms with E-state index in [0.29, 0.717) is 12.2 Å². The van der Waals surface area contributed by atoms with Gasteiger partial charge < -0.3 is 10.1 Å². The normalized spacial score (nSPS) is 10.3. The van der Waals surface area contributed by atoms with Gasteiger partial charge in [-0.2, -0.15) is 5.10 Å². The van der Waals surface area contributed by atoms with Gasteiger partial charge in [-0.05, 0) is 19.1 Å². The maximum Gasteiger partial charge on any atom is 0.312 e. The summed E-state index contributed by atoms with van der Waals surface area (Å²) >= 11 is 0. The highest BCUT2D eigenvalue weighted by molar-refractivity contribution is 5.58. The molecule has 0 bridgehead atoms. The number of anilines is 1. The van der Waals surface area contributed by atoms with E-state index >= 15 is 0 Å². The van der Waals surface area contributed by atoms with E-state index in [1.54, 1.807) is 23.0 Å². The fourth-order valence-electron chi connectivity index (χ4n) is 1.86. The summed E-state index contributed by atoms with van der Waals surface area (Å²) in [5, 5.41) is 18.2. The van der Waals surface area contributed by atoms with E-state index in [0.717, 1.165) is 11.3 Å². The number of nitro benzene ring substituents is 1. The van der Waals surface area contributed by atoms with Crippen LogP contribution in [0.25, 0.3) is 0 Å². The van der Waals surface area contributed by atoms with Crippen molar-refractivity contribution in [1.29, 1.82) is 0 Å². The highest BCUT2D eigenvalue weighted by Crippen LogP contribution is 2.29. The first-order chi connectivity index (χ1) is 9.52. The molecule has 2 aromatic rings. The van der Waals surface area contributed by atoms with Crippen LogP contribution in [0.3, 0.4) is 0 Å². The first-order valence-electron chi connectivity index (χ1n) is 6.06. The topological polar surface area (TPSA) is 82.2 Å². The molecule has 1 N–H and O–H groups in total. The van der Waals surface area contributed by atoms with Crippen molar-refractivity contribution in [2.24, 2.45) is 7.05 Å². The fraction of sp³-hybridized carbons (Fsp3) is 0.308. The first-order valence-corrected chi connectivity index (χ1v) is 6.06. The summed E-state index contributed by atoms with van der Waals surface area (Å²) in [4.78, 5) is 10.5. The Hall–Kier alpha value is -2.57. The number of hydrogen-bond acceptors (Lipinski definition) is 5. The van der Waals surface area contributed by atoms with Crippen molar-refractivity contribution in [3.05, 3.63) is 45.8 Å². The maximum absolute atomic E-state index is 10.9. The second-order valence-electron chi connectivity index (χ2n) is 4.38. The van der Waals surface area contributed by atoms with Crippen LogP contribution in [0.4, 0.5) is 11.4 Å². The van der Waals surface area contributed by atoms with Crippen LogP contribution in [-0.4, -0.2) is 21.8 Å². The molecule has 7 heteroatoms. The minimum atomic E-state index is -0.459. The number of hydrogen-bond donors (Lipinski definition) is 1. The van der Waals surface area contributed by atoms with Crippen molar-refractivity contribution in [1.82, 2.24) is 9.78 Å². The predicted octanol–water partition coefficient (Wildman–Crippen LogP) is 2.26. The Morgan fingerprint density at radius 1 is 1.50 bits per heavy atom. The SMILES string of the molecule is COc1ccc(NCc2cnn(C)c2C)cc1[N+](=O)[O-]. The summed E-state index contributed by atoms with van der Waals surface area (Å²) in [5.74, 6) is 0.248. The van der Waals surface area contributed by atoms with Gasteiger partial charge in [-0.15, -0.1) is 0 Å². The molecule has 0 saturated carbocycles. The van der Waals surface area contributed by atoms with Gasteiger partial charge in [-0.3, -0.25) is 14.8 Å². The zero-order valence-electron chi connectivity index (χ0n) is 11.6. The number of aryl methyl sites for hydroxylation is 1. The van der Waals surface area contributed by atoms with Crippen molar-refractivity contribution >= 4 is 11.4 Å². The molecule has 0 fully saturated rings. The van der Waals surface area contributed by atoms with Gasteiger partial charge in [-0.1, -0.05) is 0 Å². The fourth-order valence-corrected chi connectivity index (χ4v) is 1.86. The Balaban J connectivity index is 2.16. The molecule has 0 aliphatic heterocycles. The third-order valence-electron chi connectivity index (χ3n) is 3.20. The monoisotopic (exact) mass is 276 g/mol. The number of nitro groups is 1. The Morgan fingerprint density at radius 2 is 2.25 bits per heavy atom. The van der Waals surface area contributed by atoms with Gasteiger partial charge in [0.05, 0.1) is 18.2 Å². The highest BCUT2D eigenvalue weighted by atomic mass is 16.6. The summed E-state index contributed by atoms with van der Waals surface area (Å²) in [5.41, 5.74) is 2.72. The van der Waals surface area contributed by atoms with Gasteiger partial charge in [0, 0.05) is 36.6 Å². The zero-order valence-corrected chi connectivity index (χ0v) is 11.6. The highest BCUT2D eigenvalue weighted by Gasteiger charge is 2.15. The van der Waals surface area contributed by atoms with Crippen LogP contribution < -0.4 is 10.1 Å². The van der Waals surface area contributed by atoms with Gasteiger partial charge in [0.15, 0.2) is 5.75 Å². The Labute approximate surface area is 116 Å². The van der Waals surface area contributed by atoms with E-state index < -0.39 is 4.92 Å². The van der Waals surface area contributed by atoms with Crippen molar-refractivity contribution in [2.75, 3.05) is 12.4 Å². The summed E-state index contributed by atoms with van der Waals surface area (Å²) < 4.78 is 6.75. The van der Waals surface area contributed by atoms with Gasteiger partial charge in [0.2, 0.25) is 0 Å². The second-order valence-corrected chi connectivity index (χ2v) is 4.38. The lowest BCUT2D eigenvalue weighted by atomic mass is 10.2. The minimum absolute atomic E-state index is 0.0552. The van der Waals surface area contributed by atoms with E-state index in [9.17, 15) is 10.1 Å². The molecule has 106 valence electrons. The van der Waals surface area contributed by atoms with Crippen LogP contribution in [0.1, 0.15) is 11.3 Å². The molecule has 0 unspecified atom stereocenters. The lowest BCUT2D eigenvalue weighted by Crippen LogP contribution is -2.02. The predicted molar refractivity (Wildman–Crippen MR) is 74.9 cm³/mol. The molecule has 0 aliphatic rings. The first kappa shape index (κ1) is 13.9. The largest absolute Gasteiger partial charge is 0.490 e. The molecule has 1 heterocycles. The van der Waals surface area contributed by atoms with Crippen molar-refractivity contribution < 1.29 is 9.66 Å². The lowest BCUT2D eigenvalue weighted by molar-refractivity contribution is -0.385. The summed E-state index contributed by atoms with van der Waals surface area (Å²) in [6.45, 7) is 2.53. The van der Waals surface area contributed by atoms with Crippen LogP contribution in [0.5, 0.6) is 5.75 Å². The molecule has 0 amide bonds. The molecule has 20 heavy (non-hydrogen) atoms. The Bertz CT molecular complexity index is 637. The second kappa shape index (κ2) is 5.60.